The van der Waals surface area contributed by atoms with Crippen molar-refractivity contribution in [1.82, 2.24) is 4.98 Å². The zero-order valence-corrected chi connectivity index (χ0v) is 17.4. The Hall–Kier alpha value is -3.06. The minimum atomic E-state index is -0.318. The predicted octanol–water partition coefficient (Wildman–Crippen LogP) is 4.93. The summed E-state index contributed by atoms with van der Waals surface area (Å²) in [6, 6.07) is 12.1. The molecule has 1 saturated heterocycles. The van der Waals surface area contributed by atoms with E-state index in [4.69, 9.17) is 0 Å². The third kappa shape index (κ3) is 2.40. The maximum atomic E-state index is 13.6. The number of H-pyrrole nitrogens is 1. The number of rotatable bonds is 2. The average molecular weight is 383 g/mol. The molecule has 0 unspecified atom stereocenters. The molecule has 2 heterocycles. The van der Waals surface area contributed by atoms with E-state index in [0.717, 1.165) is 58.7 Å². The second-order valence-electron chi connectivity index (χ2n) is 9.09. The molecular weight excluding hydrogens is 358 g/mol. The first-order valence-electron chi connectivity index (χ1n) is 10.4. The van der Waals surface area contributed by atoms with Crippen LogP contribution in [0, 0.1) is 17.2 Å². The van der Waals surface area contributed by atoms with Crippen LogP contribution in [-0.4, -0.2) is 23.9 Å². The number of aromatic amines is 1. The van der Waals surface area contributed by atoms with Gasteiger partial charge in [0, 0.05) is 46.4 Å². The van der Waals surface area contributed by atoms with Crippen molar-refractivity contribution in [2.24, 2.45) is 5.92 Å². The minimum Gasteiger partial charge on any atom is -0.371 e. The lowest BCUT2D eigenvalue weighted by Gasteiger charge is -2.42. The summed E-state index contributed by atoms with van der Waals surface area (Å²) in [4.78, 5) is 19.5. The number of hydrogen-bond donors (Lipinski definition) is 1. The molecule has 1 N–H and O–H groups in total. The highest BCUT2D eigenvalue weighted by atomic mass is 16.1. The summed E-state index contributed by atoms with van der Waals surface area (Å²) in [5.74, 6) is 0.809. The first kappa shape index (κ1) is 18.0. The van der Waals surface area contributed by atoms with Crippen LogP contribution in [0.5, 0.6) is 0 Å². The van der Waals surface area contributed by atoms with Crippen LogP contribution < -0.4 is 4.90 Å². The van der Waals surface area contributed by atoms with Crippen molar-refractivity contribution in [1.29, 1.82) is 5.26 Å². The number of hydrogen-bond acceptors (Lipinski definition) is 3. The molecular formula is C25H25N3O. The van der Waals surface area contributed by atoms with E-state index >= 15 is 0 Å². The summed E-state index contributed by atoms with van der Waals surface area (Å²) < 4.78 is 0. The molecule has 1 aliphatic heterocycles. The largest absolute Gasteiger partial charge is 0.371 e. The SMILES string of the molecule is CCc1cc2c(cc1N1CC(C)C1)C(C)(C)c1[nH]c3cc(C#N)ccc3c1C2=O. The number of aromatic nitrogens is 1. The maximum absolute atomic E-state index is 13.6. The van der Waals surface area contributed by atoms with E-state index in [-0.39, 0.29) is 11.2 Å². The Morgan fingerprint density at radius 1 is 1.24 bits per heavy atom. The van der Waals surface area contributed by atoms with Crippen LogP contribution in [-0.2, 0) is 11.8 Å². The number of carbonyl (C=O) groups is 1. The van der Waals surface area contributed by atoms with E-state index in [0.29, 0.717) is 5.56 Å². The van der Waals surface area contributed by atoms with Crippen molar-refractivity contribution in [2.45, 2.75) is 39.5 Å². The number of fused-ring (bicyclic) bond motifs is 4. The summed E-state index contributed by atoms with van der Waals surface area (Å²) in [6.45, 7) is 11.0. The fourth-order valence-corrected chi connectivity index (χ4v) is 5.05. The molecule has 1 fully saturated rings. The summed E-state index contributed by atoms with van der Waals surface area (Å²) in [7, 11) is 0. The Morgan fingerprint density at radius 3 is 2.66 bits per heavy atom. The zero-order chi connectivity index (χ0) is 20.5. The maximum Gasteiger partial charge on any atom is 0.195 e. The summed E-state index contributed by atoms with van der Waals surface area (Å²) in [5.41, 5.74) is 7.28. The molecule has 0 saturated carbocycles. The third-order valence-corrected chi connectivity index (χ3v) is 6.70. The topological polar surface area (TPSA) is 59.9 Å². The second kappa shape index (κ2) is 5.97. The predicted molar refractivity (Wildman–Crippen MR) is 116 cm³/mol. The molecule has 4 heteroatoms. The van der Waals surface area contributed by atoms with Crippen molar-refractivity contribution in [3.63, 3.8) is 0 Å². The highest BCUT2D eigenvalue weighted by Gasteiger charge is 2.41. The van der Waals surface area contributed by atoms with Crippen LogP contribution in [0.15, 0.2) is 30.3 Å². The lowest BCUT2D eigenvalue weighted by atomic mass is 9.70. The number of nitrogens with one attached hydrogen (secondary N) is 1. The highest BCUT2D eigenvalue weighted by molar-refractivity contribution is 6.20. The zero-order valence-electron chi connectivity index (χ0n) is 17.4. The van der Waals surface area contributed by atoms with E-state index in [1.807, 2.05) is 12.1 Å². The third-order valence-electron chi connectivity index (χ3n) is 6.70. The van der Waals surface area contributed by atoms with Crippen LogP contribution in [0.4, 0.5) is 5.69 Å². The van der Waals surface area contributed by atoms with Crippen molar-refractivity contribution < 1.29 is 4.79 Å². The normalized spacial score (nSPS) is 17.6. The number of anilines is 1. The molecule has 4 nitrogen and oxygen atoms in total. The molecule has 1 aromatic heterocycles. The standard InChI is InChI=1S/C25H25N3O/c1-5-16-9-18-19(10-21(16)28-12-14(2)13-28)25(3,4)24-22(23(18)29)17-7-6-15(11-26)8-20(17)27-24/h6-10,14,27H,5,12-13H2,1-4H3. The fourth-order valence-electron chi connectivity index (χ4n) is 5.05. The molecule has 146 valence electrons. The molecule has 1 aliphatic carbocycles. The van der Waals surface area contributed by atoms with Gasteiger partial charge < -0.3 is 9.88 Å². The smallest absolute Gasteiger partial charge is 0.195 e. The van der Waals surface area contributed by atoms with Gasteiger partial charge in [-0.1, -0.05) is 33.8 Å². The van der Waals surface area contributed by atoms with Crippen LogP contribution in [0.2, 0.25) is 0 Å². The molecule has 29 heavy (non-hydrogen) atoms. The summed E-state index contributed by atoms with van der Waals surface area (Å²) in [5, 5.41) is 10.2. The van der Waals surface area contributed by atoms with Gasteiger partial charge in [0.05, 0.1) is 17.2 Å². The van der Waals surface area contributed by atoms with Gasteiger partial charge in [0.1, 0.15) is 0 Å². The van der Waals surface area contributed by atoms with E-state index in [2.05, 4.69) is 55.8 Å². The second-order valence-corrected chi connectivity index (χ2v) is 9.09. The van der Waals surface area contributed by atoms with Crippen molar-refractivity contribution in [3.8, 4) is 6.07 Å². The number of nitrogens with zero attached hydrogens (tertiary/aromatic N) is 2. The number of benzene rings is 2. The van der Waals surface area contributed by atoms with Crippen molar-refractivity contribution >= 4 is 22.4 Å². The van der Waals surface area contributed by atoms with Gasteiger partial charge >= 0.3 is 0 Å². The number of ketones is 1. The lowest BCUT2D eigenvalue weighted by molar-refractivity contribution is 0.103. The fraction of sp³-hybridized carbons (Fsp3) is 0.360. The van der Waals surface area contributed by atoms with Gasteiger partial charge in [-0.25, -0.2) is 0 Å². The number of aryl methyl sites for hydroxylation is 1. The Morgan fingerprint density at radius 2 is 2.00 bits per heavy atom. The summed E-state index contributed by atoms with van der Waals surface area (Å²) in [6.07, 6.45) is 0.910. The first-order chi connectivity index (χ1) is 13.8. The minimum absolute atomic E-state index is 0.0866. The van der Waals surface area contributed by atoms with Gasteiger partial charge in [-0.3, -0.25) is 4.79 Å². The van der Waals surface area contributed by atoms with Crippen molar-refractivity contribution in [3.05, 3.63) is 63.8 Å². The van der Waals surface area contributed by atoms with Crippen molar-refractivity contribution in [2.75, 3.05) is 18.0 Å². The molecule has 0 bridgehead atoms. The highest BCUT2D eigenvalue weighted by Crippen LogP contribution is 2.46. The molecule has 2 aliphatic rings. The van der Waals surface area contributed by atoms with Gasteiger partial charge in [-0.05, 0) is 47.7 Å². The Kier molecular flexibility index (Phi) is 3.70. The van der Waals surface area contributed by atoms with Gasteiger partial charge in [-0.2, -0.15) is 5.26 Å². The Balaban J connectivity index is 1.74. The number of carbonyl (C=O) groups excluding carboxylic acids is 1. The van der Waals surface area contributed by atoms with E-state index in [9.17, 15) is 10.1 Å². The Bertz CT molecular complexity index is 1220. The van der Waals surface area contributed by atoms with Crippen LogP contribution in [0.25, 0.3) is 10.9 Å². The van der Waals surface area contributed by atoms with Crippen LogP contribution in [0.1, 0.15) is 66.0 Å². The van der Waals surface area contributed by atoms with Gasteiger partial charge in [0.2, 0.25) is 0 Å². The quantitative estimate of drug-likeness (QED) is 0.683. The number of nitriles is 1. The van der Waals surface area contributed by atoms with Crippen LogP contribution >= 0.6 is 0 Å². The molecule has 0 amide bonds. The van der Waals surface area contributed by atoms with Gasteiger partial charge in [0.25, 0.3) is 0 Å². The molecule has 0 radical (unpaired) electrons. The summed E-state index contributed by atoms with van der Waals surface area (Å²) >= 11 is 0. The first-order valence-corrected chi connectivity index (χ1v) is 10.4. The average Bonchev–Trinajstić information content (AvgIpc) is 3.09. The molecule has 2 aromatic carbocycles. The Labute approximate surface area is 171 Å². The van der Waals surface area contributed by atoms with E-state index < -0.39 is 0 Å². The molecule has 0 spiro atoms. The van der Waals surface area contributed by atoms with Crippen LogP contribution in [0.3, 0.4) is 0 Å². The monoisotopic (exact) mass is 383 g/mol. The van der Waals surface area contributed by atoms with Gasteiger partial charge in [-0.15, -0.1) is 0 Å². The molecule has 0 atom stereocenters. The van der Waals surface area contributed by atoms with E-state index in [1.165, 1.54) is 11.3 Å². The molecule has 3 aromatic rings. The van der Waals surface area contributed by atoms with E-state index in [1.54, 1.807) is 6.07 Å². The van der Waals surface area contributed by atoms with Gasteiger partial charge in [0.15, 0.2) is 5.78 Å². The lowest BCUT2D eigenvalue weighted by Crippen LogP contribution is -2.46. The molecule has 5 rings (SSSR count).